The Bertz CT molecular complexity index is 1310. The number of phenols is 1. The zero-order valence-corrected chi connectivity index (χ0v) is 22.7. The van der Waals surface area contributed by atoms with E-state index in [2.05, 4.69) is 36.8 Å². The third-order valence-corrected chi connectivity index (χ3v) is 6.09. The van der Waals surface area contributed by atoms with E-state index in [1.54, 1.807) is 19.1 Å². The van der Waals surface area contributed by atoms with Crippen LogP contribution in [0, 0.1) is 12.7 Å². The molecule has 0 spiro atoms. The van der Waals surface area contributed by atoms with Crippen molar-refractivity contribution in [1.29, 1.82) is 0 Å². The second-order valence-electron chi connectivity index (χ2n) is 10.3. The number of quaternary nitrogens is 1. The van der Waals surface area contributed by atoms with Gasteiger partial charge in [0.25, 0.3) is 5.56 Å². The lowest BCUT2D eigenvalue weighted by Gasteiger charge is -2.23. The Morgan fingerprint density at radius 2 is 1.89 bits per heavy atom. The third kappa shape index (κ3) is 7.85. The molecule has 0 radical (unpaired) electrons. The van der Waals surface area contributed by atoms with Gasteiger partial charge in [-0.1, -0.05) is 0 Å². The summed E-state index contributed by atoms with van der Waals surface area (Å²) >= 11 is 0. The molecular weight excluding hydrogens is 491 g/mol. The maximum Gasteiger partial charge on any atom is 0.250 e. The number of unbranched alkanes of at least 4 members (excludes halogenated alkanes) is 2. The van der Waals surface area contributed by atoms with E-state index >= 15 is 0 Å². The predicted molar refractivity (Wildman–Crippen MR) is 147 cm³/mol. The Hall–Kier alpha value is -3.79. The van der Waals surface area contributed by atoms with E-state index in [0.717, 1.165) is 29.9 Å². The molecule has 10 heteroatoms. The number of phenolic OH excluding ortho intramolecular Hbond substituents is 1. The minimum absolute atomic E-state index is 0.0491. The molecular formula is C28H38FN4O5+. The SMILES string of the molecule is COc1ccc2c(Nc3c(C)cc(O)cc3F)cc(=O)[nH]c2c1OCCCCCC(=O)NCC[N+](C)(C)C. The van der Waals surface area contributed by atoms with Crippen LogP contribution in [-0.2, 0) is 4.79 Å². The summed E-state index contributed by atoms with van der Waals surface area (Å²) in [5.41, 5.74) is 1.07. The monoisotopic (exact) mass is 529 g/mol. The number of benzene rings is 2. The smallest absolute Gasteiger partial charge is 0.250 e. The molecule has 206 valence electrons. The van der Waals surface area contributed by atoms with Crippen LogP contribution in [0.1, 0.15) is 31.2 Å². The minimum Gasteiger partial charge on any atom is -0.508 e. The highest BCUT2D eigenvalue weighted by Gasteiger charge is 2.16. The van der Waals surface area contributed by atoms with E-state index in [4.69, 9.17) is 9.47 Å². The zero-order valence-electron chi connectivity index (χ0n) is 22.7. The van der Waals surface area contributed by atoms with Gasteiger partial charge in [0.15, 0.2) is 17.3 Å². The molecule has 0 unspecified atom stereocenters. The summed E-state index contributed by atoms with van der Waals surface area (Å²) in [6.45, 7) is 3.55. The number of aromatic amines is 1. The van der Waals surface area contributed by atoms with E-state index in [1.165, 1.54) is 19.2 Å². The van der Waals surface area contributed by atoms with Crippen molar-refractivity contribution < 1.29 is 28.2 Å². The number of anilines is 2. The fourth-order valence-electron chi connectivity index (χ4n) is 4.06. The molecule has 0 aliphatic heterocycles. The van der Waals surface area contributed by atoms with Crippen molar-refractivity contribution in [1.82, 2.24) is 10.3 Å². The van der Waals surface area contributed by atoms with Gasteiger partial charge in [0.1, 0.15) is 5.75 Å². The Morgan fingerprint density at radius 1 is 1.13 bits per heavy atom. The van der Waals surface area contributed by atoms with E-state index in [0.29, 0.717) is 59.6 Å². The van der Waals surface area contributed by atoms with Crippen LogP contribution in [0.4, 0.5) is 15.8 Å². The first-order valence-electron chi connectivity index (χ1n) is 12.7. The van der Waals surface area contributed by atoms with Gasteiger partial charge in [0.2, 0.25) is 5.91 Å². The number of amides is 1. The van der Waals surface area contributed by atoms with Gasteiger partial charge >= 0.3 is 0 Å². The number of hydrogen-bond donors (Lipinski definition) is 4. The van der Waals surface area contributed by atoms with Crippen LogP contribution in [0.2, 0.25) is 0 Å². The molecule has 0 saturated carbocycles. The van der Waals surface area contributed by atoms with Gasteiger partial charge in [-0.05, 0) is 49.9 Å². The highest BCUT2D eigenvalue weighted by molar-refractivity contribution is 5.97. The number of aryl methyl sites for hydroxylation is 1. The Labute approximate surface area is 222 Å². The first-order valence-corrected chi connectivity index (χ1v) is 12.7. The van der Waals surface area contributed by atoms with Gasteiger partial charge < -0.3 is 34.7 Å². The number of nitrogens with one attached hydrogen (secondary N) is 3. The lowest BCUT2D eigenvalue weighted by Crippen LogP contribution is -2.41. The zero-order chi connectivity index (χ0) is 27.9. The van der Waals surface area contributed by atoms with Crippen molar-refractivity contribution in [3.63, 3.8) is 0 Å². The molecule has 0 atom stereocenters. The van der Waals surface area contributed by atoms with Crippen LogP contribution >= 0.6 is 0 Å². The number of methoxy groups -OCH3 is 1. The first kappa shape index (κ1) is 28.8. The standard InChI is InChI=1S/C28H37FN4O5/c1-18-15-19(34)16-21(29)26(18)31-22-17-25(36)32-27-20(22)10-11-23(37-5)28(27)38-14-8-6-7-9-24(35)30-12-13-33(2,3)4/h10-11,15-17H,6-9,12-14H2,1-5H3,(H3-,30,31,32,34,35,36)/p+1. The van der Waals surface area contributed by atoms with Crippen molar-refractivity contribution in [3.05, 3.63) is 52.1 Å². The van der Waals surface area contributed by atoms with E-state index in [1.807, 2.05) is 0 Å². The summed E-state index contributed by atoms with van der Waals surface area (Å²) in [7, 11) is 7.77. The number of rotatable bonds is 13. The van der Waals surface area contributed by atoms with Gasteiger partial charge in [-0.3, -0.25) is 9.59 Å². The fourth-order valence-corrected chi connectivity index (χ4v) is 4.06. The van der Waals surface area contributed by atoms with Crippen molar-refractivity contribution >= 4 is 28.2 Å². The molecule has 4 N–H and O–H groups in total. The van der Waals surface area contributed by atoms with E-state index in [-0.39, 0.29) is 17.3 Å². The number of ether oxygens (including phenoxy) is 2. The molecule has 2 aromatic carbocycles. The lowest BCUT2D eigenvalue weighted by atomic mass is 10.1. The highest BCUT2D eigenvalue weighted by Crippen LogP contribution is 2.38. The number of carbonyl (C=O) groups is 1. The highest BCUT2D eigenvalue weighted by atomic mass is 19.1. The average Bonchev–Trinajstić information content (AvgIpc) is 2.82. The van der Waals surface area contributed by atoms with Crippen molar-refractivity contribution in [2.24, 2.45) is 0 Å². The largest absolute Gasteiger partial charge is 0.508 e. The number of halogens is 1. The topological polar surface area (TPSA) is 113 Å². The molecule has 0 aliphatic carbocycles. The maximum absolute atomic E-state index is 14.5. The summed E-state index contributed by atoms with van der Waals surface area (Å²) in [5.74, 6) is 0.0683. The Kier molecular flexibility index (Phi) is 9.57. The molecule has 9 nitrogen and oxygen atoms in total. The molecule has 0 bridgehead atoms. The quantitative estimate of drug-likeness (QED) is 0.150. The molecule has 0 saturated heterocycles. The van der Waals surface area contributed by atoms with Crippen LogP contribution < -0.4 is 25.7 Å². The van der Waals surface area contributed by atoms with Gasteiger partial charge in [-0.2, -0.15) is 0 Å². The number of carbonyl (C=O) groups excluding carboxylic acids is 1. The number of pyridine rings is 1. The van der Waals surface area contributed by atoms with Gasteiger partial charge in [0.05, 0.1) is 64.8 Å². The normalized spacial score (nSPS) is 11.4. The Morgan fingerprint density at radius 3 is 2.58 bits per heavy atom. The molecule has 3 rings (SSSR count). The van der Waals surface area contributed by atoms with Crippen molar-refractivity contribution in [2.45, 2.75) is 32.6 Å². The van der Waals surface area contributed by atoms with Gasteiger partial charge in [-0.15, -0.1) is 0 Å². The average molecular weight is 530 g/mol. The minimum atomic E-state index is -0.636. The van der Waals surface area contributed by atoms with Gasteiger partial charge in [0, 0.05) is 23.9 Å². The van der Waals surface area contributed by atoms with Gasteiger partial charge in [-0.25, -0.2) is 4.39 Å². The van der Waals surface area contributed by atoms with Crippen molar-refractivity contribution in [2.75, 3.05) is 53.3 Å². The van der Waals surface area contributed by atoms with Crippen LogP contribution in [-0.4, -0.2) is 68.4 Å². The molecule has 0 aliphatic rings. The second-order valence-corrected chi connectivity index (χ2v) is 10.3. The van der Waals surface area contributed by atoms with Crippen LogP contribution in [0.25, 0.3) is 10.9 Å². The summed E-state index contributed by atoms with van der Waals surface area (Å²) in [4.78, 5) is 27.3. The van der Waals surface area contributed by atoms with Crippen LogP contribution in [0.3, 0.4) is 0 Å². The molecule has 0 fully saturated rings. The van der Waals surface area contributed by atoms with E-state index in [9.17, 15) is 19.1 Å². The van der Waals surface area contributed by atoms with Crippen LogP contribution in [0.15, 0.2) is 35.1 Å². The number of nitrogens with zero attached hydrogens (tertiary/aromatic N) is 1. The molecule has 1 amide bonds. The molecule has 38 heavy (non-hydrogen) atoms. The number of aromatic hydroxyl groups is 1. The number of fused-ring (bicyclic) bond motifs is 1. The fraction of sp³-hybridized carbons (Fsp3) is 0.429. The van der Waals surface area contributed by atoms with Crippen LogP contribution in [0.5, 0.6) is 17.2 Å². The summed E-state index contributed by atoms with van der Waals surface area (Å²) in [6, 6.07) is 7.27. The van der Waals surface area contributed by atoms with E-state index < -0.39 is 11.4 Å². The molecule has 3 aromatic rings. The predicted octanol–water partition coefficient (Wildman–Crippen LogP) is 4.20. The maximum atomic E-state index is 14.5. The lowest BCUT2D eigenvalue weighted by molar-refractivity contribution is -0.869. The third-order valence-electron chi connectivity index (χ3n) is 6.09. The summed E-state index contributed by atoms with van der Waals surface area (Å²) in [5, 5.41) is 16.2. The Balaban J connectivity index is 1.67. The second kappa shape index (κ2) is 12.6. The summed E-state index contributed by atoms with van der Waals surface area (Å²) in [6.07, 6.45) is 2.73. The number of H-pyrrole nitrogens is 1. The van der Waals surface area contributed by atoms with Crippen molar-refractivity contribution in [3.8, 4) is 17.2 Å². The molecule has 1 heterocycles. The first-order chi connectivity index (χ1) is 18.0. The number of aromatic nitrogens is 1. The number of hydrogen-bond acceptors (Lipinski definition) is 6. The number of likely N-dealkylation sites (N-methyl/N-ethyl adjacent to an activating group) is 1. The molecule has 1 aromatic heterocycles. The summed E-state index contributed by atoms with van der Waals surface area (Å²) < 4.78 is 26.8.